The van der Waals surface area contributed by atoms with Gasteiger partial charge >= 0.3 is 0 Å². The molecule has 33 heavy (non-hydrogen) atoms. The number of amidine groups is 1. The first-order valence-electron chi connectivity index (χ1n) is 10.7. The van der Waals surface area contributed by atoms with Crippen molar-refractivity contribution in [3.63, 3.8) is 0 Å². The van der Waals surface area contributed by atoms with Crippen molar-refractivity contribution in [1.82, 2.24) is 5.32 Å². The minimum atomic E-state index is -0.136. The fourth-order valence-electron chi connectivity index (χ4n) is 3.69. The maximum absolute atomic E-state index is 12.4. The van der Waals surface area contributed by atoms with Gasteiger partial charge in [-0.15, -0.1) is 0 Å². The quantitative estimate of drug-likeness (QED) is 0.348. The largest absolute Gasteiger partial charge is 0.489 e. The zero-order valence-corrected chi connectivity index (χ0v) is 18.9. The van der Waals surface area contributed by atoms with E-state index in [1.807, 2.05) is 73.7 Å². The van der Waals surface area contributed by atoms with E-state index in [-0.39, 0.29) is 5.91 Å². The van der Waals surface area contributed by atoms with Crippen LogP contribution in [0, 0.1) is 6.92 Å². The number of rotatable bonds is 5. The number of carbonyl (C=O) groups is 1. The highest BCUT2D eigenvalue weighted by atomic mass is 32.2. The van der Waals surface area contributed by atoms with Crippen LogP contribution in [0.25, 0.3) is 16.8 Å². The van der Waals surface area contributed by atoms with Gasteiger partial charge in [0.1, 0.15) is 12.4 Å². The van der Waals surface area contributed by atoms with Gasteiger partial charge in [-0.05, 0) is 76.5 Å². The molecule has 0 bridgehead atoms. The third kappa shape index (κ3) is 4.99. The number of nitrogens with one attached hydrogen (secondary N) is 1. The van der Waals surface area contributed by atoms with Crippen LogP contribution in [0.2, 0.25) is 0 Å². The number of aliphatic imine (C=N–C) groups is 1. The Bertz CT molecular complexity index is 1390. The lowest BCUT2D eigenvalue weighted by Crippen LogP contribution is -2.19. The molecule has 1 N–H and O–H groups in total. The topological polar surface area (TPSA) is 50.7 Å². The molecule has 5 rings (SSSR count). The summed E-state index contributed by atoms with van der Waals surface area (Å²) in [4.78, 5) is 17.5. The number of ether oxygens (including phenoxy) is 1. The molecule has 1 aliphatic rings. The second kappa shape index (κ2) is 9.35. The van der Waals surface area contributed by atoms with Gasteiger partial charge in [0, 0.05) is 0 Å². The van der Waals surface area contributed by atoms with Gasteiger partial charge in [-0.3, -0.25) is 4.79 Å². The monoisotopic (exact) mass is 450 g/mol. The summed E-state index contributed by atoms with van der Waals surface area (Å²) < 4.78 is 6.02. The molecule has 0 aliphatic carbocycles. The van der Waals surface area contributed by atoms with Gasteiger partial charge in [0.2, 0.25) is 0 Å². The average molecular weight is 451 g/mol. The third-order valence-corrected chi connectivity index (χ3v) is 6.25. The number of aryl methyl sites for hydroxylation is 1. The van der Waals surface area contributed by atoms with Crippen LogP contribution in [0.15, 0.2) is 101 Å². The molecule has 0 radical (unpaired) electrons. The first-order chi connectivity index (χ1) is 16.1. The fourth-order valence-corrected chi connectivity index (χ4v) is 4.53. The molecule has 0 spiro atoms. The van der Waals surface area contributed by atoms with Crippen LogP contribution < -0.4 is 10.1 Å². The highest BCUT2D eigenvalue weighted by Gasteiger charge is 2.23. The minimum Gasteiger partial charge on any atom is -0.489 e. The number of benzene rings is 4. The Kier molecular flexibility index (Phi) is 5.96. The molecule has 0 saturated carbocycles. The van der Waals surface area contributed by atoms with E-state index in [1.54, 1.807) is 0 Å². The molecular weight excluding hydrogens is 428 g/mol. The molecule has 1 amide bonds. The van der Waals surface area contributed by atoms with E-state index in [4.69, 9.17) is 4.74 Å². The minimum absolute atomic E-state index is 0.136. The molecule has 4 aromatic rings. The molecule has 1 aliphatic heterocycles. The number of hydrogen-bond acceptors (Lipinski definition) is 4. The molecule has 1 saturated heterocycles. The van der Waals surface area contributed by atoms with Gasteiger partial charge in [-0.2, -0.15) is 0 Å². The van der Waals surface area contributed by atoms with Gasteiger partial charge in [-0.1, -0.05) is 66.7 Å². The van der Waals surface area contributed by atoms with E-state index in [0.29, 0.717) is 16.7 Å². The molecule has 4 nitrogen and oxygen atoms in total. The number of thioether (sulfide) groups is 1. The van der Waals surface area contributed by atoms with Crippen LogP contribution in [0.4, 0.5) is 5.69 Å². The first kappa shape index (κ1) is 21.0. The molecule has 5 heteroatoms. The average Bonchev–Trinajstić information content (AvgIpc) is 3.17. The third-order valence-electron chi connectivity index (χ3n) is 5.34. The van der Waals surface area contributed by atoms with Gasteiger partial charge < -0.3 is 10.1 Å². The van der Waals surface area contributed by atoms with Crippen LogP contribution in [-0.2, 0) is 11.4 Å². The summed E-state index contributed by atoms with van der Waals surface area (Å²) in [7, 11) is 0. The Morgan fingerprint density at radius 3 is 2.58 bits per heavy atom. The number of fused-ring (bicyclic) bond motifs is 1. The zero-order chi connectivity index (χ0) is 22.6. The second-order valence-electron chi connectivity index (χ2n) is 7.82. The standard InChI is InChI=1S/C28H22N2O2S/c1-19-6-4-10-23(16-19)29-28-30-27(31)26(33-28)17-20-12-14-24(15-13-20)32-18-22-9-5-8-21-7-2-3-11-25(21)22/h2-17H,18H2,1H3,(H,29,30,31)/b26-17-. The van der Waals surface area contributed by atoms with E-state index in [0.717, 1.165) is 28.1 Å². The van der Waals surface area contributed by atoms with Crippen LogP contribution in [0.5, 0.6) is 5.75 Å². The normalized spacial score (nSPS) is 15.8. The number of carbonyl (C=O) groups excluding carboxylic acids is 1. The van der Waals surface area contributed by atoms with Crippen LogP contribution >= 0.6 is 11.8 Å². The number of hydrogen-bond donors (Lipinski definition) is 1. The van der Waals surface area contributed by atoms with E-state index in [9.17, 15) is 4.79 Å². The zero-order valence-electron chi connectivity index (χ0n) is 18.1. The fraction of sp³-hybridized carbons (Fsp3) is 0.0714. The van der Waals surface area contributed by atoms with Crippen LogP contribution in [0.3, 0.4) is 0 Å². The first-order valence-corrected chi connectivity index (χ1v) is 11.5. The molecule has 0 unspecified atom stereocenters. The maximum Gasteiger partial charge on any atom is 0.264 e. The number of amides is 1. The van der Waals surface area contributed by atoms with E-state index >= 15 is 0 Å². The summed E-state index contributed by atoms with van der Waals surface area (Å²) in [6, 6.07) is 30.2. The molecule has 0 atom stereocenters. The second-order valence-corrected chi connectivity index (χ2v) is 8.85. The molecular formula is C28H22N2O2S. The highest BCUT2D eigenvalue weighted by Crippen LogP contribution is 2.29. The summed E-state index contributed by atoms with van der Waals surface area (Å²) in [5, 5.41) is 5.84. The van der Waals surface area contributed by atoms with Crippen molar-refractivity contribution in [3.05, 3.63) is 113 Å². The Labute approximate surface area is 197 Å². The Balaban J connectivity index is 1.26. The SMILES string of the molecule is Cc1cccc(N=C2NC(=O)/C(=C/c3ccc(OCc4cccc5ccccc45)cc3)S2)c1. The lowest BCUT2D eigenvalue weighted by Gasteiger charge is -2.09. The Morgan fingerprint density at radius 2 is 1.73 bits per heavy atom. The smallest absolute Gasteiger partial charge is 0.264 e. The van der Waals surface area contributed by atoms with Gasteiger partial charge in [-0.25, -0.2) is 4.99 Å². The van der Waals surface area contributed by atoms with Crippen LogP contribution in [0.1, 0.15) is 16.7 Å². The summed E-state index contributed by atoms with van der Waals surface area (Å²) in [5.74, 6) is 0.651. The summed E-state index contributed by atoms with van der Waals surface area (Å²) in [6.45, 7) is 2.52. The molecule has 162 valence electrons. The molecule has 0 aromatic heterocycles. The number of nitrogens with zero attached hydrogens (tertiary/aromatic N) is 1. The van der Waals surface area contributed by atoms with Crippen molar-refractivity contribution in [2.24, 2.45) is 4.99 Å². The lowest BCUT2D eigenvalue weighted by molar-refractivity contribution is -0.115. The van der Waals surface area contributed by atoms with Gasteiger partial charge in [0.15, 0.2) is 5.17 Å². The van der Waals surface area contributed by atoms with Crippen molar-refractivity contribution in [2.75, 3.05) is 0 Å². The highest BCUT2D eigenvalue weighted by molar-refractivity contribution is 8.18. The van der Waals surface area contributed by atoms with E-state index < -0.39 is 0 Å². The van der Waals surface area contributed by atoms with Crippen molar-refractivity contribution in [2.45, 2.75) is 13.5 Å². The maximum atomic E-state index is 12.4. The van der Waals surface area contributed by atoms with Crippen LogP contribution in [-0.4, -0.2) is 11.1 Å². The van der Waals surface area contributed by atoms with Crippen molar-refractivity contribution in [1.29, 1.82) is 0 Å². The summed E-state index contributed by atoms with van der Waals surface area (Å²) in [5.41, 5.74) is 4.04. The van der Waals surface area contributed by atoms with E-state index in [2.05, 4.69) is 40.6 Å². The van der Waals surface area contributed by atoms with Gasteiger partial charge in [0.25, 0.3) is 5.91 Å². The molecule has 1 fully saturated rings. The predicted octanol–water partition coefficient (Wildman–Crippen LogP) is 6.62. The predicted molar refractivity (Wildman–Crippen MR) is 137 cm³/mol. The Morgan fingerprint density at radius 1 is 0.939 bits per heavy atom. The molecule has 1 heterocycles. The molecule has 4 aromatic carbocycles. The van der Waals surface area contributed by atoms with Crippen molar-refractivity contribution in [3.8, 4) is 5.75 Å². The van der Waals surface area contributed by atoms with E-state index in [1.165, 1.54) is 22.5 Å². The summed E-state index contributed by atoms with van der Waals surface area (Å²) >= 11 is 1.35. The summed E-state index contributed by atoms with van der Waals surface area (Å²) in [6.07, 6.45) is 1.87. The van der Waals surface area contributed by atoms with Crippen molar-refractivity contribution >= 4 is 45.4 Å². The van der Waals surface area contributed by atoms with Gasteiger partial charge in [0.05, 0.1) is 10.6 Å². The van der Waals surface area contributed by atoms with Crippen molar-refractivity contribution < 1.29 is 9.53 Å². The lowest BCUT2D eigenvalue weighted by atomic mass is 10.1. The Hall–Kier alpha value is -3.83.